The van der Waals surface area contributed by atoms with Gasteiger partial charge in [0.2, 0.25) is 5.91 Å². The Bertz CT molecular complexity index is 699. The van der Waals surface area contributed by atoms with Crippen LogP contribution >= 0.6 is 11.8 Å². The number of hydrogen-bond acceptors (Lipinski definition) is 5. The molecule has 0 aliphatic rings. The highest BCUT2D eigenvalue weighted by Crippen LogP contribution is 2.30. The van der Waals surface area contributed by atoms with Crippen LogP contribution in [0.4, 0.5) is 0 Å². The number of nitrogens with zero attached hydrogens (tertiary/aromatic N) is 3. The van der Waals surface area contributed by atoms with Crippen molar-refractivity contribution in [1.29, 1.82) is 0 Å². The molecule has 0 spiro atoms. The van der Waals surface area contributed by atoms with Crippen molar-refractivity contribution in [1.82, 2.24) is 20.1 Å². The zero-order chi connectivity index (χ0) is 16.8. The fraction of sp³-hybridized carbons (Fsp3) is 0.312. The quantitative estimate of drug-likeness (QED) is 0.622. The van der Waals surface area contributed by atoms with E-state index in [0.29, 0.717) is 17.5 Å². The van der Waals surface area contributed by atoms with Crippen molar-refractivity contribution in [3.05, 3.63) is 36.9 Å². The van der Waals surface area contributed by atoms with Crippen molar-refractivity contribution >= 4 is 17.7 Å². The summed E-state index contributed by atoms with van der Waals surface area (Å²) < 4.78 is 7.23. The second-order valence-electron chi connectivity index (χ2n) is 4.86. The minimum Gasteiger partial charge on any atom is -0.496 e. The predicted molar refractivity (Wildman–Crippen MR) is 91.5 cm³/mol. The number of hydrogen-bond donors (Lipinski definition) is 1. The van der Waals surface area contributed by atoms with Gasteiger partial charge in [0, 0.05) is 13.6 Å². The lowest BCUT2D eigenvalue weighted by atomic mass is 10.2. The second kappa shape index (κ2) is 7.82. The fourth-order valence-corrected chi connectivity index (χ4v) is 2.85. The molecular weight excluding hydrogens is 312 g/mol. The normalized spacial score (nSPS) is 11.8. The first-order chi connectivity index (χ1) is 11.1. The summed E-state index contributed by atoms with van der Waals surface area (Å²) in [6.07, 6.45) is 1.65. The Hall–Kier alpha value is -2.28. The smallest absolute Gasteiger partial charge is 0.233 e. The van der Waals surface area contributed by atoms with Gasteiger partial charge in [-0.25, -0.2) is 0 Å². The largest absolute Gasteiger partial charge is 0.496 e. The molecule has 1 aromatic heterocycles. The Morgan fingerprint density at radius 2 is 2.22 bits per heavy atom. The zero-order valence-corrected chi connectivity index (χ0v) is 14.3. The van der Waals surface area contributed by atoms with Crippen LogP contribution in [0.5, 0.6) is 5.75 Å². The van der Waals surface area contributed by atoms with Gasteiger partial charge in [-0.2, -0.15) is 0 Å². The highest BCUT2D eigenvalue weighted by molar-refractivity contribution is 8.00. The molecule has 0 aliphatic heterocycles. The monoisotopic (exact) mass is 332 g/mol. The number of para-hydroxylation sites is 1. The molecule has 6 nitrogen and oxygen atoms in total. The summed E-state index contributed by atoms with van der Waals surface area (Å²) in [4.78, 5) is 11.9. The minimum atomic E-state index is -0.275. The van der Waals surface area contributed by atoms with Crippen molar-refractivity contribution in [2.24, 2.45) is 7.05 Å². The van der Waals surface area contributed by atoms with Crippen LogP contribution in [-0.2, 0) is 11.8 Å². The molecule has 1 aromatic carbocycles. The van der Waals surface area contributed by atoms with Crippen molar-refractivity contribution < 1.29 is 9.53 Å². The van der Waals surface area contributed by atoms with E-state index in [2.05, 4.69) is 22.1 Å². The van der Waals surface area contributed by atoms with Gasteiger partial charge in [0.25, 0.3) is 0 Å². The van der Waals surface area contributed by atoms with E-state index in [9.17, 15) is 4.79 Å². The first-order valence-corrected chi connectivity index (χ1v) is 8.04. The molecule has 0 bridgehead atoms. The van der Waals surface area contributed by atoms with Gasteiger partial charge in [0.1, 0.15) is 5.75 Å². The van der Waals surface area contributed by atoms with Crippen molar-refractivity contribution in [3.8, 4) is 17.1 Å². The molecule has 0 unspecified atom stereocenters. The van der Waals surface area contributed by atoms with Crippen molar-refractivity contribution in [2.45, 2.75) is 17.3 Å². The van der Waals surface area contributed by atoms with E-state index in [1.165, 1.54) is 11.8 Å². The number of aromatic nitrogens is 3. The number of methoxy groups -OCH3 is 1. The summed E-state index contributed by atoms with van der Waals surface area (Å²) >= 11 is 1.36. The standard InChI is InChI=1S/C16H20N4O2S/c1-5-10-17-15(21)11(2)23-16-19-18-14(20(16)3)12-8-6-7-9-13(12)22-4/h5-9,11H,1,10H2,2-4H3,(H,17,21)/t11-/m0/s1. The van der Waals surface area contributed by atoms with Gasteiger partial charge in [0.05, 0.1) is 17.9 Å². The minimum absolute atomic E-state index is 0.0586. The molecule has 7 heteroatoms. The second-order valence-corrected chi connectivity index (χ2v) is 6.17. The number of carbonyl (C=O) groups excluding carboxylic acids is 1. The lowest BCUT2D eigenvalue weighted by molar-refractivity contribution is -0.120. The molecule has 122 valence electrons. The average molecular weight is 332 g/mol. The highest BCUT2D eigenvalue weighted by Gasteiger charge is 2.20. The van der Waals surface area contributed by atoms with E-state index < -0.39 is 0 Å². The molecular formula is C16H20N4O2S. The molecule has 1 heterocycles. The van der Waals surface area contributed by atoms with Crippen LogP contribution in [-0.4, -0.2) is 39.6 Å². The van der Waals surface area contributed by atoms with Crippen LogP contribution < -0.4 is 10.1 Å². The molecule has 2 rings (SSSR count). The summed E-state index contributed by atoms with van der Waals surface area (Å²) in [5, 5.41) is 11.6. The van der Waals surface area contributed by atoms with E-state index >= 15 is 0 Å². The summed E-state index contributed by atoms with van der Waals surface area (Å²) in [7, 11) is 3.50. The lowest BCUT2D eigenvalue weighted by Gasteiger charge is -2.11. The number of amides is 1. The number of ether oxygens (including phenoxy) is 1. The molecule has 0 radical (unpaired) electrons. The summed E-state index contributed by atoms with van der Waals surface area (Å²) in [6.45, 7) is 5.87. The van der Waals surface area contributed by atoms with E-state index in [4.69, 9.17) is 4.74 Å². The Morgan fingerprint density at radius 1 is 1.48 bits per heavy atom. The maximum absolute atomic E-state index is 11.9. The number of benzene rings is 1. The number of carbonyl (C=O) groups is 1. The average Bonchev–Trinajstić information content (AvgIpc) is 2.93. The Balaban J connectivity index is 2.19. The first-order valence-electron chi connectivity index (χ1n) is 7.16. The summed E-state index contributed by atoms with van der Waals surface area (Å²) in [5.41, 5.74) is 0.862. The molecule has 0 fully saturated rings. The molecule has 1 amide bonds. The number of nitrogens with one attached hydrogen (secondary N) is 1. The molecule has 0 aliphatic carbocycles. The predicted octanol–water partition coefficient (Wildman–Crippen LogP) is 2.27. The zero-order valence-electron chi connectivity index (χ0n) is 13.4. The maximum Gasteiger partial charge on any atom is 0.233 e. The Kier molecular flexibility index (Phi) is 5.81. The van der Waals surface area contributed by atoms with Crippen LogP contribution in [0.3, 0.4) is 0 Å². The maximum atomic E-state index is 11.9. The molecule has 1 atom stereocenters. The van der Waals surface area contributed by atoms with Gasteiger partial charge in [-0.3, -0.25) is 4.79 Å². The van der Waals surface area contributed by atoms with Crippen LogP contribution in [0.2, 0.25) is 0 Å². The highest BCUT2D eigenvalue weighted by atomic mass is 32.2. The summed E-state index contributed by atoms with van der Waals surface area (Å²) in [5.74, 6) is 1.37. The van der Waals surface area contributed by atoms with Crippen LogP contribution in [0.1, 0.15) is 6.92 Å². The SMILES string of the molecule is C=CCNC(=O)[C@H](C)Sc1nnc(-c2ccccc2OC)n1C. The van der Waals surface area contributed by atoms with E-state index in [0.717, 1.165) is 11.3 Å². The van der Waals surface area contributed by atoms with Gasteiger partial charge in [0.15, 0.2) is 11.0 Å². The molecule has 1 N–H and O–H groups in total. The third-order valence-corrected chi connectivity index (χ3v) is 4.39. The van der Waals surface area contributed by atoms with E-state index in [1.807, 2.05) is 42.8 Å². The van der Waals surface area contributed by atoms with Gasteiger partial charge in [-0.1, -0.05) is 30.0 Å². The van der Waals surface area contributed by atoms with Crippen LogP contribution in [0.25, 0.3) is 11.4 Å². The van der Waals surface area contributed by atoms with Crippen molar-refractivity contribution in [2.75, 3.05) is 13.7 Å². The molecule has 23 heavy (non-hydrogen) atoms. The summed E-state index contributed by atoms with van der Waals surface area (Å²) in [6, 6.07) is 7.63. The van der Waals surface area contributed by atoms with Gasteiger partial charge in [-0.15, -0.1) is 16.8 Å². The van der Waals surface area contributed by atoms with Gasteiger partial charge < -0.3 is 14.6 Å². The number of rotatable bonds is 7. The van der Waals surface area contributed by atoms with Crippen LogP contribution in [0, 0.1) is 0 Å². The number of thioether (sulfide) groups is 1. The third kappa shape index (κ3) is 3.92. The Morgan fingerprint density at radius 3 is 2.91 bits per heavy atom. The Labute approximate surface area is 139 Å². The molecule has 0 saturated carbocycles. The van der Waals surface area contributed by atoms with Gasteiger partial charge in [-0.05, 0) is 19.1 Å². The molecule has 0 saturated heterocycles. The van der Waals surface area contributed by atoms with Crippen molar-refractivity contribution in [3.63, 3.8) is 0 Å². The lowest BCUT2D eigenvalue weighted by Crippen LogP contribution is -2.31. The van der Waals surface area contributed by atoms with Gasteiger partial charge >= 0.3 is 0 Å². The third-order valence-electron chi connectivity index (χ3n) is 3.25. The molecule has 2 aromatic rings. The first kappa shape index (κ1) is 17.1. The van der Waals surface area contributed by atoms with Crippen LogP contribution in [0.15, 0.2) is 42.1 Å². The van der Waals surface area contributed by atoms with E-state index in [-0.39, 0.29) is 11.2 Å². The topological polar surface area (TPSA) is 69.0 Å². The van der Waals surface area contributed by atoms with E-state index in [1.54, 1.807) is 13.2 Å². The fourth-order valence-electron chi connectivity index (χ4n) is 2.01.